The van der Waals surface area contributed by atoms with Crippen LogP contribution in [-0.4, -0.2) is 11.1 Å². The van der Waals surface area contributed by atoms with Gasteiger partial charge in [-0.15, -0.1) is 0 Å². The first kappa shape index (κ1) is 18.4. The van der Waals surface area contributed by atoms with E-state index in [9.17, 15) is 4.79 Å². The van der Waals surface area contributed by atoms with Gasteiger partial charge >= 0.3 is 5.97 Å². The highest BCUT2D eigenvalue weighted by Crippen LogP contribution is 1.99. The normalized spacial score (nSPS) is 12.4. The van der Waals surface area contributed by atoms with E-state index in [1.165, 1.54) is 12.8 Å². The molecule has 0 aromatic rings. The molecule has 2 heteroatoms. The van der Waals surface area contributed by atoms with Crippen LogP contribution < -0.4 is 0 Å². The van der Waals surface area contributed by atoms with Crippen molar-refractivity contribution in [3.8, 4) is 0 Å². The number of allylic oxidation sites excluding steroid dienone is 8. The fraction of sp³-hybridized carbons (Fsp3) is 0.500. The largest absolute Gasteiger partial charge is 0.481 e. The molecule has 0 spiro atoms. The Bertz CT molecular complexity index is 335. The Morgan fingerprint density at radius 3 is 1.70 bits per heavy atom. The molecule has 1 N–H and O–H groups in total. The summed E-state index contributed by atoms with van der Waals surface area (Å²) in [6.07, 6.45) is 24.4. The van der Waals surface area contributed by atoms with E-state index in [0.717, 1.165) is 32.1 Å². The van der Waals surface area contributed by atoms with Crippen LogP contribution >= 0.6 is 0 Å². The van der Waals surface area contributed by atoms with Crippen LogP contribution in [0.2, 0.25) is 0 Å². The topological polar surface area (TPSA) is 37.3 Å². The van der Waals surface area contributed by atoms with Crippen molar-refractivity contribution in [2.45, 2.75) is 58.3 Å². The van der Waals surface area contributed by atoms with Gasteiger partial charge in [0.05, 0.1) is 0 Å². The van der Waals surface area contributed by atoms with E-state index < -0.39 is 5.97 Å². The molecule has 0 aliphatic rings. The summed E-state index contributed by atoms with van der Waals surface area (Å²) in [5.41, 5.74) is 0. The molecule has 0 fully saturated rings. The zero-order valence-corrected chi connectivity index (χ0v) is 12.6. The second-order valence-electron chi connectivity index (χ2n) is 4.67. The van der Waals surface area contributed by atoms with Crippen molar-refractivity contribution in [2.75, 3.05) is 0 Å². The molecule has 2 nitrogen and oxygen atoms in total. The van der Waals surface area contributed by atoms with E-state index in [-0.39, 0.29) is 6.42 Å². The summed E-state index contributed by atoms with van der Waals surface area (Å²) in [5, 5.41) is 8.47. The molecular formula is C18H28O2. The molecule has 0 atom stereocenters. The van der Waals surface area contributed by atoms with Crippen molar-refractivity contribution in [2.24, 2.45) is 0 Å². The summed E-state index contributed by atoms with van der Waals surface area (Å²) in [6.45, 7) is 2.19. The van der Waals surface area contributed by atoms with Crippen LogP contribution in [0.1, 0.15) is 58.3 Å². The molecule has 0 radical (unpaired) electrons. The van der Waals surface area contributed by atoms with Gasteiger partial charge in [-0.05, 0) is 38.5 Å². The van der Waals surface area contributed by atoms with Gasteiger partial charge in [-0.25, -0.2) is 0 Å². The molecule has 0 aromatic heterocycles. The van der Waals surface area contributed by atoms with Crippen LogP contribution in [0.5, 0.6) is 0 Å². The summed E-state index contributed by atoms with van der Waals surface area (Å²) < 4.78 is 0. The Morgan fingerprint density at radius 2 is 1.25 bits per heavy atom. The molecule has 0 aliphatic heterocycles. The molecular weight excluding hydrogens is 248 g/mol. The standard InChI is InChI=1S/C18H28O2/c1-2-3-4-5-6-7-8-9-10-11-12-13-14-15-16-17-18(19)20/h4-5,7-8,10-11,13-14H,2-3,6,9,12,15-17H2,1H3,(H,19,20)/b5-4+,8-7+,11-10+,14-13+. The maximum Gasteiger partial charge on any atom is 0.303 e. The number of carboxylic acid groups (broad SMARTS) is 1. The van der Waals surface area contributed by atoms with Crippen molar-refractivity contribution in [1.82, 2.24) is 0 Å². The fourth-order valence-corrected chi connectivity index (χ4v) is 1.59. The van der Waals surface area contributed by atoms with Gasteiger partial charge < -0.3 is 5.11 Å². The average molecular weight is 276 g/mol. The molecule has 0 rings (SSSR count). The van der Waals surface area contributed by atoms with Gasteiger partial charge in [0.25, 0.3) is 0 Å². The van der Waals surface area contributed by atoms with Crippen LogP contribution in [0.4, 0.5) is 0 Å². The van der Waals surface area contributed by atoms with Crippen LogP contribution in [0.25, 0.3) is 0 Å². The highest BCUT2D eigenvalue weighted by Gasteiger charge is 1.92. The zero-order chi connectivity index (χ0) is 14.9. The lowest BCUT2D eigenvalue weighted by Crippen LogP contribution is -1.92. The zero-order valence-electron chi connectivity index (χ0n) is 12.6. The van der Waals surface area contributed by atoms with Gasteiger partial charge in [0.15, 0.2) is 0 Å². The summed E-state index contributed by atoms with van der Waals surface area (Å²) in [5.74, 6) is -0.713. The highest BCUT2D eigenvalue weighted by atomic mass is 16.4. The van der Waals surface area contributed by atoms with Gasteiger partial charge in [0.2, 0.25) is 0 Å². The molecule has 0 saturated heterocycles. The SMILES string of the molecule is CCC/C=C/C/C=C/C/C=C/C/C=C/CCCC(=O)O. The second kappa shape index (κ2) is 15.5. The first-order valence-corrected chi connectivity index (χ1v) is 7.59. The molecule has 0 aromatic carbocycles. The Morgan fingerprint density at radius 1 is 0.800 bits per heavy atom. The van der Waals surface area contributed by atoms with Crippen molar-refractivity contribution in [1.29, 1.82) is 0 Å². The predicted molar refractivity (Wildman–Crippen MR) is 86.8 cm³/mol. The minimum absolute atomic E-state index is 0.262. The number of hydrogen-bond acceptors (Lipinski definition) is 1. The van der Waals surface area contributed by atoms with Crippen molar-refractivity contribution in [3.63, 3.8) is 0 Å². The molecule has 0 unspecified atom stereocenters. The average Bonchev–Trinajstić information content (AvgIpc) is 2.43. The number of unbranched alkanes of at least 4 members (excludes halogenated alkanes) is 2. The quantitative estimate of drug-likeness (QED) is 0.381. The lowest BCUT2D eigenvalue weighted by Gasteiger charge is -1.89. The van der Waals surface area contributed by atoms with Crippen molar-refractivity contribution in [3.05, 3.63) is 48.6 Å². The van der Waals surface area contributed by atoms with Gasteiger partial charge in [-0.2, -0.15) is 0 Å². The molecule has 20 heavy (non-hydrogen) atoms. The maximum atomic E-state index is 10.3. The predicted octanol–water partition coefficient (Wildman–Crippen LogP) is 5.44. The summed E-state index contributed by atoms with van der Waals surface area (Å²) >= 11 is 0. The van der Waals surface area contributed by atoms with Crippen molar-refractivity contribution >= 4 is 5.97 Å². The molecule has 0 saturated carbocycles. The fourth-order valence-electron chi connectivity index (χ4n) is 1.59. The van der Waals surface area contributed by atoms with Gasteiger partial charge in [0, 0.05) is 6.42 Å². The Kier molecular flexibility index (Phi) is 14.3. The first-order valence-electron chi connectivity index (χ1n) is 7.59. The van der Waals surface area contributed by atoms with E-state index in [1.807, 2.05) is 0 Å². The Balaban J connectivity index is 3.41. The van der Waals surface area contributed by atoms with Gasteiger partial charge in [0.1, 0.15) is 0 Å². The van der Waals surface area contributed by atoms with E-state index in [4.69, 9.17) is 5.11 Å². The molecule has 0 aliphatic carbocycles. The first-order chi connectivity index (χ1) is 9.77. The minimum Gasteiger partial charge on any atom is -0.481 e. The highest BCUT2D eigenvalue weighted by molar-refractivity contribution is 5.66. The van der Waals surface area contributed by atoms with Crippen LogP contribution in [0, 0.1) is 0 Å². The third kappa shape index (κ3) is 16.4. The number of aliphatic carboxylic acids is 1. The maximum absolute atomic E-state index is 10.3. The molecule has 0 heterocycles. The molecule has 112 valence electrons. The Labute approximate surface area is 123 Å². The summed E-state index contributed by atoms with van der Waals surface area (Å²) in [6, 6.07) is 0. The van der Waals surface area contributed by atoms with Crippen molar-refractivity contribution < 1.29 is 9.90 Å². The van der Waals surface area contributed by atoms with E-state index in [0.29, 0.717) is 0 Å². The smallest absolute Gasteiger partial charge is 0.303 e. The number of rotatable bonds is 12. The number of carbonyl (C=O) groups is 1. The monoisotopic (exact) mass is 276 g/mol. The van der Waals surface area contributed by atoms with Crippen LogP contribution in [0.3, 0.4) is 0 Å². The van der Waals surface area contributed by atoms with Crippen LogP contribution in [-0.2, 0) is 4.79 Å². The lowest BCUT2D eigenvalue weighted by atomic mass is 10.2. The van der Waals surface area contributed by atoms with Gasteiger partial charge in [-0.3, -0.25) is 4.79 Å². The van der Waals surface area contributed by atoms with E-state index in [1.54, 1.807) is 0 Å². The number of hydrogen-bond donors (Lipinski definition) is 1. The summed E-state index contributed by atoms with van der Waals surface area (Å²) in [7, 11) is 0. The molecule has 0 bridgehead atoms. The Hall–Kier alpha value is -1.57. The van der Waals surface area contributed by atoms with E-state index in [2.05, 4.69) is 55.5 Å². The molecule has 0 amide bonds. The van der Waals surface area contributed by atoms with Crippen LogP contribution in [0.15, 0.2) is 48.6 Å². The second-order valence-corrected chi connectivity index (χ2v) is 4.67. The lowest BCUT2D eigenvalue weighted by molar-refractivity contribution is -0.137. The summed E-state index contributed by atoms with van der Waals surface area (Å²) in [4.78, 5) is 10.3. The third-order valence-electron chi connectivity index (χ3n) is 2.70. The minimum atomic E-state index is -0.713. The van der Waals surface area contributed by atoms with Gasteiger partial charge in [-0.1, -0.05) is 62.0 Å². The third-order valence-corrected chi connectivity index (χ3v) is 2.70. The number of carboxylic acids is 1. The van der Waals surface area contributed by atoms with E-state index >= 15 is 0 Å².